The third kappa shape index (κ3) is 8.70. The Labute approximate surface area is 353 Å². The van der Waals surface area contributed by atoms with Crippen LogP contribution in [0.4, 0.5) is 0 Å². The molecule has 0 aliphatic rings. The van der Waals surface area contributed by atoms with E-state index in [0.29, 0.717) is 13.2 Å². The van der Waals surface area contributed by atoms with Gasteiger partial charge in [0.15, 0.2) is 0 Å². The van der Waals surface area contributed by atoms with Crippen LogP contribution in [0.25, 0.3) is 64.6 Å². The van der Waals surface area contributed by atoms with Gasteiger partial charge >= 0.3 is 0 Å². The summed E-state index contributed by atoms with van der Waals surface area (Å²) >= 11 is 0. The highest BCUT2D eigenvalue weighted by Gasteiger charge is 2.14. The molecule has 0 bridgehead atoms. The number of rotatable bonds is 22. The van der Waals surface area contributed by atoms with E-state index in [9.17, 15) is 0 Å². The molecule has 0 N–H and O–H groups in total. The van der Waals surface area contributed by atoms with E-state index in [4.69, 9.17) is 18.9 Å². The summed E-state index contributed by atoms with van der Waals surface area (Å²) in [7, 11) is 0. The third-order valence-electron chi connectivity index (χ3n) is 11.9. The van der Waals surface area contributed by atoms with Crippen molar-refractivity contribution in [1.82, 2.24) is 0 Å². The summed E-state index contributed by atoms with van der Waals surface area (Å²) in [6.45, 7) is 10.1. The lowest BCUT2D eigenvalue weighted by molar-refractivity contribution is 0.303. The van der Waals surface area contributed by atoms with Crippen LogP contribution in [0.15, 0.2) is 147 Å². The average Bonchev–Trinajstić information content (AvgIpc) is 3.28. The first-order valence-corrected chi connectivity index (χ1v) is 21.9. The van der Waals surface area contributed by atoms with Gasteiger partial charge in [-0.2, -0.15) is 0 Å². The van der Waals surface area contributed by atoms with Gasteiger partial charge in [-0.25, -0.2) is 0 Å². The molecule has 0 saturated carbocycles. The van der Waals surface area contributed by atoms with E-state index in [2.05, 4.69) is 134 Å². The molecule has 0 fully saturated rings. The molecule has 4 nitrogen and oxygen atoms in total. The van der Waals surface area contributed by atoms with Crippen molar-refractivity contribution in [3.05, 3.63) is 158 Å². The van der Waals surface area contributed by atoms with Crippen molar-refractivity contribution in [3.8, 4) is 23.0 Å². The molecule has 0 saturated heterocycles. The maximum atomic E-state index is 6.39. The van der Waals surface area contributed by atoms with Crippen molar-refractivity contribution in [2.24, 2.45) is 0 Å². The molecule has 0 aliphatic carbocycles. The second-order valence-electron chi connectivity index (χ2n) is 16.3. The molecule has 4 heteroatoms. The number of hydrogen-bond acceptors (Lipinski definition) is 4. The second kappa shape index (κ2) is 18.3. The van der Waals surface area contributed by atoms with Crippen molar-refractivity contribution < 1.29 is 18.9 Å². The molecule has 9 aromatic carbocycles. The first kappa shape index (κ1) is 39.2. The standard InChI is InChI=1S/C56H54O4/c1-3-5-7-9-11-13-27-57-49-29-41-19-23-45-33-51(34-46-24-20-42(30-49)53(41)55(45)46)59-37-39-15-17-40(18-16-39)38-60-52-35-47-25-21-43-31-50(58-28-14-12-10-8-6-4-2)32-44-22-26-48(36-52)56(47)54(43)44/h3-4,15-26,29-36H,1-2,5-14,27-28,37-38H2. The molecule has 0 radical (unpaired) electrons. The van der Waals surface area contributed by atoms with Gasteiger partial charge in [0, 0.05) is 0 Å². The van der Waals surface area contributed by atoms with Crippen molar-refractivity contribution in [2.75, 3.05) is 13.2 Å². The van der Waals surface area contributed by atoms with Crippen LogP contribution in [0.5, 0.6) is 23.0 Å². The van der Waals surface area contributed by atoms with Gasteiger partial charge in [0.1, 0.15) is 36.2 Å². The van der Waals surface area contributed by atoms with Crippen LogP contribution in [0.1, 0.15) is 75.3 Å². The lowest BCUT2D eigenvalue weighted by atomic mass is 9.94. The number of ether oxygens (including phenoxy) is 4. The van der Waals surface area contributed by atoms with E-state index >= 15 is 0 Å². The van der Waals surface area contributed by atoms with Gasteiger partial charge in [-0.05, 0) is 163 Å². The van der Waals surface area contributed by atoms with Gasteiger partial charge in [-0.1, -0.05) is 111 Å². The van der Waals surface area contributed by atoms with Crippen LogP contribution in [-0.4, -0.2) is 13.2 Å². The second-order valence-corrected chi connectivity index (χ2v) is 16.3. The molecule has 0 aromatic heterocycles. The quantitative estimate of drug-likeness (QED) is 0.0389. The van der Waals surface area contributed by atoms with Crippen molar-refractivity contribution in [1.29, 1.82) is 0 Å². The summed E-state index contributed by atoms with van der Waals surface area (Å²) in [6.07, 6.45) is 15.6. The lowest BCUT2D eigenvalue weighted by Crippen LogP contribution is -1.99. The van der Waals surface area contributed by atoms with E-state index in [1.807, 2.05) is 12.2 Å². The Hall–Kier alpha value is -6.26. The van der Waals surface area contributed by atoms with E-state index in [1.54, 1.807) is 0 Å². The number of allylic oxidation sites excluding steroid dienone is 2. The SMILES string of the molecule is C=CCCCCCCOc1cc2ccc3cc(OCc4ccc(COc5cc6ccc7cc(OCCCCCCC=C)cc8ccc(c5)c6c78)cc4)cc4ccc(c1)c2c34. The highest BCUT2D eigenvalue weighted by atomic mass is 16.5. The summed E-state index contributed by atoms with van der Waals surface area (Å²) in [6, 6.07) is 43.6. The Morgan fingerprint density at radius 3 is 0.867 bits per heavy atom. The predicted molar refractivity (Wildman–Crippen MR) is 253 cm³/mol. The van der Waals surface area contributed by atoms with E-state index in [1.165, 1.54) is 103 Å². The topological polar surface area (TPSA) is 36.9 Å². The summed E-state index contributed by atoms with van der Waals surface area (Å²) in [5.74, 6) is 3.63. The minimum atomic E-state index is 0.490. The highest BCUT2D eigenvalue weighted by molar-refractivity contribution is 6.24. The van der Waals surface area contributed by atoms with E-state index in [-0.39, 0.29) is 0 Å². The van der Waals surface area contributed by atoms with Crippen LogP contribution in [0.2, 0.25) is 0 Å². The predicted octanol–water partition coefficient (Wildman–Crippen LogP) is 15.7. The van der Waals surface area contributed by atoms with E-state index in [0.717, 1.165) is 73.0 Å². The summed E-state index contributed by atoms with van der Waals surface area (Å²) in [5.41, 5.74) is 2.23. The lowest BCUT2D eigenvalue weighted by Gasteiger charge is -2.15. The maximum absolute atomic E-state index is 6.39. The molecule has 60 heavy (non-hydrogen) atoms. The number of unbranched alkanes of at least 4 members (excludes halogenated alkanes) is 8. The normalized spacial score (nSPS) is 11.7. The molecule has 0 unspecified atom stereocenters. The van der Waals surface area contributed by atoms with Crippen LogP contribution in [-0.2, 0) is 13.2 Å². The Balaban J connectivity index is 0.807. The van der Waals surface area contributed by atoms with Gasteiger partial charge in [0.2, 0.25) is 0 Å². The summed E-state index contributed by atoms with van der Waals surface area (Å²) in [4.78, 5) is 0. The molecule has 9 rings (SSSR count). The van der Waals surface area contributed by atoms with Gasteiger partial charge < -0.3 is 18.9 Å². The molecule has 302 valence electrons. The van der Waals surface area contributed by atoms with E-state index < -0.39 is 0 Å². The van der Waals surface area contributed by atoms with Gasteiger partial charge in [0.05, 0.1) is 13.2 Å². The molecular formula is C56H54O4. The number of benzene rings is 9. The van der Waals surface area contributed by atoms with Gasteiger partial charge in [-0.15, -0.1) is 13.2 Å². The zero-order valence-corrected chi connectivity index (χ0v) is 34.6. The molecule has 0 spiro atoms. The average molecular weight is 791 g/mol. The summed E-state index contributed by atoms with van der Waals surface area (Å²) in [5, 5.41) is 14.7. The minimum absolute atomic E-state index is 0.490. The zero-order chi connectivity index (χ0) is 40.7. The van der Waals surface area contributed by atoms with Crippen LogP contribution in [0, 0.1) is 0 Å². The maximum Gasteiger partial charge on any atom is 0.121 e. The molecule has 0 heterocycles. The Morgan fingerprint density at radius 1 is 0.317 bits per heavy atom. The molecular weight excluding hydrogens is 737 g/mol. The van der Waals surface area contributed by atoms with Crippen LogP contribution in [0.3, 0.4) is 0 Å². The minimum Gasteiger partial charge on any atom is -0.494 e. The molecule has 0 atom stereocenters. The monoisotopic (exact) mass is 790 g/mol. The smallest absolute Gasteiger partial charge is 0.121 e. The Kier molecular flexibility index (Phi) is 12.0. The Bertz CT molecular complexity index is 2540. The van der Waals surface area contributed by atoms with Gasteiger partial charge in [-0.3, -0.25) is 0 Å². The number of hydrogen-bond donors (Lipinski definition) is 0. The van der Waals surface area contributed by atoms with Gasteiger partial charge in [0.25, 0.3) is 0 Å². The fraction of sp³-hybridized carbons (Fsp3) is 0.250. The van der Waals surface area contributed by atoms with Crippen LogP contribution >= 0.6 is 0 Å². The van der Waals surface area contributed by atoms with Crippen molar-refractivity contribution in [3.63, 3.8) is 0 Å². The first-order chi connectivity index (χ1) is 29.6. The third-order valence-corrected chi connectivity index (χ3v) is 11.9. The zero-order valence-electron chi connectivity index (χ0n) is 34.6. The fourth-order valence-corrected chi connectivity index (χ4v) is 8.83. The first-order valence-electron chi connectivity index (χ1n) is 21.9. The largest absolute Gasteiger partial charge is 0.494 e. The molecule has 0 amide bonds. The molecule has 0 aliphatic heterocycles. The molecule has 9 aromatic rings. The van der Waals surface area contributed by atoms with Crippen molar-refractivity contribution in [2.45, 2.75) is 77.4 Å². The van der Waals surface area contributed by atoms with Crippen LogP contribution < -0.4 is 18.9 Å². The highest BCUT2D eigenvalue weighted by Crippen LogP contribution is 2.40. The van der Waals surface area contributed by atoms with Crippen molar-refractivity contribution >= 4 is 64.6 Å². The Morgan fingerprint density at radius 2 is 0.583 bits per heavy atom. The fourth-order valence-electron chi connectivity index (χ4n) is 8.83. The summed E-state index contributed by atoms with van der Waals surface area (Å²) < 4.78 is 25.2.